The summed E-state index contributed by atoms with van der Waals surface area (Å²) < 4.78 is 11.5. The van der Waals surface area contributed by atoms with E-state index >= 15 is 0 Å². The molecular formula is C24H27N3O2. The number of hydrogen-bond acceptors (Lipinski definition) is 4. The number of nitrogens with zero attached hydrogens (tertiary/aromatic N) is 1. The number of benzene rings is 2. The first-order valence-corrected chi connectivity index (χ1v) is 10.2. The molecule has 0 spiro atoms. The van der Waals surface area contributed by atoms with Gasteiger partial charge in [0.15, 0.2) is 0 Å². The van der Waals surface area contributed by atoms with Crippen LogP contribution in [0.5, 0.6) is 11.5 Å². The summed E-state index contributed by atoms with van der Waals surface area (Å²) in [6.45, 7) is 3.35. The number of aromatic amines is 1. The minimum Gasteiger partial charge on any atom is -0.496 e. The predicted octanol–water partition coefficient (Wildman–Crippen LogP) is 5.07. The molecule has 4 aromatic rings. The van der Waals surface area contributed by atoms with Gasteiger partial charge in [0, 0.05) is 28.0 Å². The fourth-order valence-electron chi connectivity index (χ4n) is 3.96. The number of fused-ring (bicyclic) bond motifs is 2. The average Bonchev–Trinajstić information content (AvgIpc) is 3.11. The number of aryl methyl sites for hydroxylation is 1. The zero-order valence-electron chi connectivity index (χ0n) is 17.0. The number of hydrogen-bond donors (Lipinski definition) is 2. The van der Waals surface area contributed by atoms with E-state index in [2.05, 4.69) is 28.2 Å². The molecule has 2 aromatic heterocycles. The summed E-state index contributed by atoms with van der Waals surface area (Å²) in [5.41, 5.74) is 11.2. The molecule has 0 aliphatic rings. The first kappa shape index (κ1) is 19.3. The topological polar surface area (TPSA) is 73.2 Å². The molecule has 0 fully saturated rings. The Bertz CT molecular complexity index is 1130. The minimum absolute atomic E-state index is 0.647. The zero-order chi connectivity index (χ0) is 20.2. The molecule has 0 bridgehead atoms. The molecule has 0 saturated carbocycles. The standard InChI is InChI=1S/C24H27N3O2/c1-3-29-16-9-10-21-19(15-16)17(7-4-5-13-25)24(27-21)23-18-8-6-14-26-20(18)11-12-22(23)28-2/h6,8-12,14-15,27H,3-5,7,13,25H2,1-2H3. The normalized spacial score (nSPS) is 11.3. The maximum Gasteiger partial charge on any atom is 0.128 e. The molecular weight excluding hydrogens is 362 g/mol. The van der Waals surface area contributed by atoms with Crippen LogP contribution in [0.2, 0.25) is 0 Å². The van der Waals surface area contributed by atoms with Gasteiger partial charge in [-0.25, -0.2) is 0 Å². The highest BCUT2D eigenvalue weighted by Crippen LogP contribution is 2.41. The van der Waals surface area contributed by atoms with Gasteiger partial charge in [0.25, 0.3) is 0 Å². The van der Waals surface area contributed by atoms with Crippen molar-refractivity contribution >= 4 is 21.8 Å². The smallest absolute Gasteiger partial charge is 0.128 e. The van der Waals surface area contributed by atoms with Crippen LogP contribution in [0.25, 0.3) is 33.1 Å². The lowest BCUT2D eigenvalue weighted by Crippen LogP contribution is -2.00. The highest BCUT2D eigenvalue weighted by Gasteiger charge is 2.19. The summed E-state index contributed by atoms with van der Waals surface area (Å²) in [5, 5.41) is 2.26. The lowest BCUT2D eigenvalue weighted by atomic mass is 9.97. The Morgan fingerprint density at radius 2 is 1.97 bits per heavy atom. The second kappa shape index (κ2) is 8.53. The van der Waals surface area contributed by atoms with Crippen molar-refractivity contribution in [2.75, 3.05) is 20.3 Å². The number of aromatic nitrogens is 2. The number of ether oxygens (including phenoxy) is 2. The van der Waals surface area contributed by atoms with Gasteiger partial charge in [-0.1, -0.05) is 6.07 Å². The second-order valence-corrected chi connectivity index (χ2v) is 7.08. The summed E-state index contributed by atoms with van der Waals surface area (Å²) in [6, 6.07) is 14.3. The first-order chi connectivity index (χ1) is 14.3. The lowest BCUT2D eigenvalue weighted by molar-refractivity contribution is 0.340. The molecule has 0 aliphatic carbocycles. The Morgan fingerprint density at radius 1 is 1.07 bits per heavy atom. The largest absolute Gasteiger partial charge is 0.496 e. The Morgan fingerprint density at radius 3 is 2.76 bits per heavy atom. The second-order valence-electron chi connectivity index (χ2n) is 7.08. The molecule has 29 heavy (non-hydrogen) atoms. The number of pyridine rings is 1. The van der Waals surface area contributed by atoms with E-state index in [1.165, 1.54) is 10.9 Å². The van der Waals surface area contributed by atoms with E-state index in [0.717, 1.165) is 58.4 Å². The molecule has 0 amide bonds. The Labute approximate surface area is 170 Å². The molecule has 0 saturated heterocycles. The molecule has 4 rings (SSSR count). The van der Waals surface area contributed by atoms with Crippen molar-refractivity contribution in [1.82, 2.24) is 9.97 Å². The summed E-state index contributed by atoms with van der Waals surface area (Å²) >= 11 is 0. The van der Waals surface area contributed by atoms with E-state index in [1.54, 1.807) is 7.11 Å². The van der Waals surface area contributed by atoms with Crippen LogP contribution in [-0.4, -0.2) is 30.2 Å². The van der Waals surface area contributed by atoms with Crippen molar-refractivity contribution in [2.24, 2.45) is 5.73 Å². The van der Waals surface area contributed by atoms with Gasteiger partial charge in [0.2, 0.25) is 0 Å². The molecule has 2 heterocycles. The first-order valence-electron chi connectivity index (χ1n) is 10.2. The fraction of sp³-hybridized carbons (Fsp3) is 0.292. The van der Waals surface area contributed by atoms with E-state index in [4.69, 9.17) is 15.2 Å². The van der Waals surface area contributed by atoms with Crippen LogP contribution in [0.15, 0.2) is 48.7 Å². The number of nitrogens with two attached hydrogens (primary N) is 1. The zero-order valence-corrected chi connectivity index (χ0v) is 17.0. The van der Waals surface area contributed by atoms with E-state index in [-0.39, 0.29) is 0 Å². The number of H-pyrrole nitrogens is 1. The van der Waals surface area contributed by atoms with Crippen molar-refractivity contribution < 1.29 is 9.47 Å². The molecule has 0 unspecified atom stereocenters. The molecule has 0 atom stereocenters. The monoisotopic (exact) mass is 389 g/mol. The number of methoxy groups -OCH3 is 1. The third-order valence-electron chi connectivity index (χ3n) is 5.29. The van der Waals surface area contributed by atoms with Gasteiger partial charge in [-0.05, 0) is 74.7 Å². The fourth-order valence-corrected chi connectivity index (χ4v) is 3.96. The predicted molar refractivity (Wildman–Crippen MR) is 119 cm³/mol. The van der Waals surface area contributed by atoms with Crippen LogP contribution in [-0.2, 0) is 6.42 Å². The summed E-state index contributed by atoms with van der Waals surface area (Å²) in [6.07, 6.45) is 4.77. The van der Waals surface area contributed by atoms with Crippen molar-refractivity contribution in [1.29, 1.82) is 0 Å². The van der Waals surface area contributed by atoms with Gasteiger partial charge in [-0.2, -0.15) is 0 Å². The molecule has 5 heteroatoms. The van der Waals surface area contributed by atoms with Crippen molar-refractivity contribution in [2.45, 2.75) is 26.2 Å². The minimum atomic E-state index is 0.647. The maximum absolute atomic E-state index is 5.76. The molecule has 0 aliphatic heterocycles. The third-order valence-corrected chi connectivity index (χ3v) is 5.29. The summed E-state index contributed by atoms with van der Waals surface area (Å²) in [4.78, 5) is 8.18. The van der Waals surface area contributed by atoms with Gasteiger partial charge >= 0.3 is 0 Å². The van der Waals surface area contributed by atoms with Gasteiger partial charge in [0.1, 0.15) is 11.5 Å². The summed E-state index contributed by atoms with van der Waals surface area (Å²) in [7, 11) is 1.71. The van der Waals surface area contributed by atoms with Crippen LogP contribution in [0.3, 0.4) is 0 Å². The van der Waals surface area contributed by atoms with Gasteiger partial charge in [0.05, 0.1) is 24.9 Å². The van der Waals surface area contributed by atoms with Gasteiger partial charge < -0.3 is 20.2 Å². The van der Waals surface area contributed by atoms with E-state index in [0.29, 0.717) is 13.2 Å². The highest BCUT2D eigenvalue weighted by atomic mass is 16.5. The molecule has 2 aromatic carbocycles. The van der Waals surface area contributed by atoms with E-state index < -0.39 is 0 Å². The summed E-state index contributed by atoms with van der Waals surface area (Å²) in [5.74, 6) is 1.72. The average molecular weight is 389 g/mol. The quantitative estimate of drug-likeness (QED) is 0.413. The highest BCUT2D eigenvalue weighted by molar-refractivity contribution is 6.02. The Kier molecular flexibility index (Phi) is 5.67. The van der Waals surface area contributed by atoms with Crippen LogP contribution in [0.1, 0.15) is 25.3 Å². The SMILES string of the molecule is CCOc1ccc2[nH]c(-c3c(OC)ccc4ncccc34)c(CCCCN)c2c1. The van der Waals surface area contributed by atoms with Crippen molar-refractivity contribution in [3.05, 3.63) is 54.2 Å². The lowest BCUT2D eigenvalue weighted by Gasteiger charge is -2.13. The van der Waals surface area contributed by atoms with Crippen molar-refractivity contribution in [3.8, 4) is 22.8 Å². The molecule has 3 N–H and O–H groups in total. The number of unbranched alkanes of at least 4 members (excludes halogenated alkanes) is 1. The molecule has 0 radical (unpaired) electrons. The van der Waals surface area contributed by atoms with Crippen LogP contribution >= 0.6 is 0 Å². The van der Waals surface area contributed by atoms with E-state index in [9.17, 15) is 0 Å². The molecule has 150 valence electrons. The van der Waals surface area contributed by atoms with Crippen molar-refractivity contribution in [3.63, 3.8) is 0 Å². The third kappa shape index (κ3) is 3.66. The van der Waals surface area contributed by atoms with Crippen LogP contribution in [0, 0.1) is 0 Å². The van der Waals surface area contributed by atoms with E-state index in [1.807, 2.05) is 37.4 Å². The van der Waals surface area contributed by atoms with Crippen LogP contribution < -0.4 is 15.2 Å². The number of nitrogens with one attached hydrogen (secondary N) is 1. The molecule has 5 nitrogen and oxygen atoms in total. The maximum atomic E-state index is 5.76. The van der Waals surface area contributed by atoms with Gasteiger partial charge in [-0.15, -0.1) is 0 Å². The van der Waals surface area contributed by atoms with Gasteiger partial charge in [-0.3, -0.25) is 4.98 Å². The Hall–Kier alpha value is -3.05. The van der Waals surface area contributed by atoms with Crippen LogP contribution in [0.4, 0.5) is 0 Å². The number of rotatable bonds is 8. The Balaban J connectivity index is 1.97.